The molecule has 0 aliphatic heterocycles. The Bertz CT molecular complexity index is 494. The van der Waals surface area contributed by atoms with E-state index in [-0.39, 0.29) is 23.7 Å². The molecule has 0 unspecified atom stereocenters. The highest BCUT2D eigenvalue weighted by molar-refractivity contribution is 5.86. The SMILES string of the molecule is O=C(NCCC1=CCCCC1)[C@@H]1[C@H](C(=O)O)[C@@H]2C=C[C@H]1C2. The fourth-order valence-electron chi connectivity index (χ4n) is 4.11. The molecule has 114 valence electrons. The minimum Gasteiger partial charge on any atom is -0.481 e. The minimum atomic E-state index is -0.831. The standard InChI is InChI=1S/C17H23NO3/c19-16(18-9-8-11-4-2-1-3-5-11)14-12-6-7-13(10-12)15(14)17(20)21/h4,6-7,12-15H,1-3,5,8-10H2,(H,18,19)(H,20,21)/t12-,13+,14-,15+/m0/s1. The zero-order valence-corrected chi connectivity index (χ0v) is 12.3. The number of carbonyl (C=O) groups excluding carboxylic acids is 1. The first kappa shape index (κ1) is 14.4. The summed E-state index contributed by atoms with van der Waals surface area (Å²) in [5.74, 6) is -1.65. The van der Waals surface area contributed by atoms with Gasteiger partial charge in [-0.15, -0.1) is 0 Å². The van der Waals surface area contributed by atoms with Gasteiger partial charge in [0.1, 0.15) is 0 Å². The average Bonchev–Trinajstić information content (AvgIpc) is 3.08. The molecule has 0 aromatic rings. The van der Waals surface area contributed by atoms with E-state index >= 15 is 0 Å². The van der Waals surface area contributed by atoms with Crippen molar-refractivity contribution in [2.45, 2.75) is 38.5 Å². The Hall–Kier alpha value is -1.58. The highest BCUT2D eigenvalue weighted by Crippen LogP contribution is 2.48. The first-order chi connectivity index (χ1) is 10.2. The quantitative estimate of drug-likeness (QED) is 0.764. The smallest absolute Gasteiger partial charge is 0.307 e. The molecule has 4 heteroatoms. The van der Waals surface area contributed by atoms with Crippen molar-refractivity contribution in [2.24, 2.45) is 23.7 Å². The van der Waals surface area contributed by atoms with Gasteiger partial charge in [0.2, 0.25) is 5.91 Å². The Labute approximate surface area is 125 Å². The van der Waals surface area contributed by atoms with Crippen molar-refractivity contribution in [3.63, 3.8) is 0 Å². The summed E-state index contributed by atoms with van der Waals surface area (Å²) in [7, 11) is 0. The van der Waals surface area contributed by atoms with Gasteiger partial charge in [-0.3, -0.25) is 9.59 Å². The van der Waals surface area contributed by atoms with Crippen molar-refractivity contribution < 1.29 is 14.7 Å². The minimum absolute atomic E-state index is 0.0457. The van der Waals surface area contributed by atoms with Crippen LogP contribution in [0.1, 0.15) is 38.5 Å². The van der Waals surface area contributed by atoms with Crippen LogP contribution in [0.15, 0.2) is 23.8 Å². The van der Waals surface area contributed by atoms with Crippen LogP contribution in [-0.2, 0) is 9.59 Å². The first-order valence-corrected chi connectivity index (χ1v) is 8.03. The van der Waals surface area contributed by atoms with Crippen molar-refractivity contribution in [1.82, 2.24) is 5.32 Å². The first-order valence-electron chi connectivity index (χ1n) is 8.03. The molecule has 21 heavy (non-hydrogen) atoms. The number of rotatable bonds is 5. The predicted molar refractivity (Wildman–Crippen MR) is 79.5 cm³/mol. The Morgan fingerprint density at radius 1 is 1.19 bits per heavy atom. The number of allylic oxidation sites excluding steroid dienone is 3. The van der Waals surface area contributed by atoms with E-state index in [0.717, 1.165) is 25.7 Å². The van der Waals surface area contributed by atoms with Gasteiger partial charge in [0, 0.05) is 6.54 Å². The van der Waals surface area contributed by atoms with Crippen LogP contribution in [0.2, 0.25) is 0 Å². The molecule has 3 aliphatic carbocycles. The number of amides is 1. The zero-order valence-electron chi connectivity index (χ0n) is 12.3. The number of hydrogen-bond donors (Lipinski definition) is 2. The molecule has 0 radical (unpaired) electrons. The Kier molecular flexibility index (Phi) is 4.13. The van der Waals surface area contributed by atoms with E-state index in [1.54, 1.807) is 0 Å². The van der Waals surface area contributed by atoms with Crippen LogP contribution >= 0.6 is 0 Å². The monoisotopic (exact) mass is 289 g/mol. The van der Waals surface area contributed by atoms with E-state index < -0.39 is 11.9 Å². The van der Waals surface area contributed by atoms with E-state index in [4.69, 9.17) is 0 Å². The third-order valence-electron chi connectivity index (χ3n) is 5.18. The predicted octanol–water partition coefficient (Wildman–Crippen LogP) is 2.52. The van der Waals surface area contributed by atoms with Gasteiger partial charge in [-0.1, -0.05) is 23.8 Å². The summed E-state index contributed by atoms with van der Waals surface area (Å²) in [6.45, 7) is 0.634. The topological polar surface area (TPSA) is 66.4 Å². The maximum atomic E-state index is 12.4. The van der Waals surface area contributed by atoms with Gasteiger partial charge in [-0.2, -0.15) is 0 Å². The van der Waals surface area contributed by atoms with E-state index in [9.17, 15) is 14.7 Å². The Morgan fingerprint density at radius 3 is 2.62 bits per heavy atom. The summed E-state index contributed by atoms with van der Waals surface area (Å²) in [6.07, 6.45) is 12.8. The van der Waals surface area contributed by atoms with E-state index in [0.29, 0.717) is 6.54 Å². The number of fused-ring (bicyclic) bond motifs is 2. The lowest BCUT2D eigenvalue weighted by Gasteiger charge is -2.24. The molecule has 4 nitrogen and oxygen atoms in total. The van der Waals surface area contributed by atoms with Crippen LogP contribution in [0.3, 0.4) is 0 Å². The molecule has 3 aliphatic rings. The summed E-state index contributed by atoms with van der Waals surface area (Å²) in [5, 5.41) is 12.3. The highest BCUT2D eigenvalue weighted by atomic mass is 16.4. The Morgan fingerprint density at radius 2 is 1.95 bits per heavy atom. The Balaban J connectivity index is 1.54. The summed E-state index contributed by atoms with van der Waals surface area (Å²) in [4.78, 5) is 23.8. The molecule has 1 saturated carbocycles. The molecular weight excluding hydrogens is 266 g/mol. The van der Waals surface area contributed by atoms with Gasteiger partial charge in [-0.25, -0.2) is 0 Å². The lowest BCUT2D eigenvalue weighted by Crippen LogP contribution is -2.40. The largest absolute Gasteiger partial charge is 0.481 e. The third kappa shape index (κ3) is 2.89. The van der Waals surface area contributed by atoms with Crippen LogP contribution < -0.4 is 5.32 Å². The lowest BCUT2D eigenvalue weighted by atomic mass is 9.82. The van der Waals surface area contributed by atoms with Gasteiger partial charge in [0.15, 0.2) is 0 Å². The number of carbonyl (C=O) groups is 2. The number of hydrogen-bond acceptors (Lipinski definition) is 2. The highest BCUT2D eigenvalue weighted by Gasteiger charge is 2.51. The van der Waals surface area contributed by atoms with E-state index in [1.807, 2.05) is 12.2 Å². The molecule has 3 rings (SSSR count). The molecule has 1 fully saturated rings. The second kappa shape index (κ2) is 6.04. The van der Waals surface area contributed by atoms with Crippen LogP contribution in [0.25, 0.3) is 0 Å². The molecule has 0 spiro atoms. The number of aliphatic carboxylic acids is 1. The van der Waals surface area contributed by atoms with Crippen molar-refractivity contribution >= 4 is 11.9 Å². The van der Waals surface area contributed by atoms with E-state index in [2.05, 4.69) is 11.4 Å². The van der Waals surface area contributed by atoms with Gasteiger partial charge < -0.3 is 10.4 Å². The van der Waals surface area contributed by atoms with Crippen molar-refractivity contribution in [2.75, 3.05) is 6.54 Å². The summed E-state index contributed by atoms with van der Waals surface area (Å²) < 4.78 is 0. The van der Waals surface area contributed by atoms with Crippen LogP contribution in [-0.4, -0.2) is 23.5 Å². The number of carboxylic acid groups (broad SMARTS) is 1. The lowest BCUT2D eigenvalue weighted by molar-refractivity contribution is -0.147. The van der Waals surface area contributed by atoms with Crippen LogP contribution in [0.4, 0.5) is 0 Å². The van der Waals surface area contributed by atoms with Crippen molar-refractivity contribution in [3.8, 4) is 0 Å². The van der Waals surface area contributed by atoms with E-state index in [1.165, 1.54) is 18.4 Å². The maximum Gasteiger partial charge on any atom is 0.307 e. The fourth-order valence-corrected chi connectivity index (χ4v) is 4.11. The van der Waals surface area contributed by atoms with Gasteiger partial charge in [0.25, 0.3) is 0 Å². The van der Waals surface area contributed by atoms with Gasteiger partial charge in [0.05, 0.1) is 11.8 Å². The van der Waals surface area contributed by atoms with Crippen molar-refractivity contribution in [3.05, 3.63) is 23.8 Å². The molecule has 1 amide bonds. The second-order valence-electron chi connectivity index (χ2n) is 6.49. The average molecular weight is 289 g/mol. The molecule has 0 heterocycles. The van der Waals surface area contributed by atoms with Crippen molar-refractivity contribution in [1.29, 1.82) is 0 Å². The van der Waals surface area contributed by atoms with Crippen LogP contribution in [0.5, 0.6) is 0 Å². The molecule has 4 atom stereocenters. The normalized spacial score (nSPS) is 33.8. The summed E-state index contributed by atoms with van der Waals surface area (Å²) in [5.41, 5.74) is 1.43. The maximum absolute atomic E-state index is 12.4. The third-order valence-corrected chi connectivity index (χ3v) is 5.18. The summed E-state index contributed by atoms with van der Waals surface area (Å²) in [6, 6.07) is 0. The fraction of sp³-hybridized carbons (Fsp3) is 0.647. The molecule has 2 N–H and O–H groups in total. The molecule has 0 saturated heterocycles. The number of nitrogens with one attached hydrogen (secondary N) is 1. The molecule has 0 aromatic heterocycles. The zero-order chi connectivity index (χ0) is 14.8. The molecule has 2 bridgehead atoms. The number of carboxylic acids is 1. The van der Waals surface area contributed by atoms with Gasteiger partial charge >= 0.3 is 5.97 Å². The van der Waals surface area contributed by atoms with Gasteiger partial charge in [-0.05, 0) is 50.4 Å². The second-order valence-corrected chi connectivity index (χ2v) is 6.49. The van der Waals surface area contributed by atoms with Crippen LogP contribution in [0, 0.1) is 23.7 Å². The molecular formula is C17H23NO3. The molecule has 0 aromatic carbocycles. The summed E-state index contributed by atoms with van der Waals surface area (Å²) >= 11 is 0.